The molecule has 0 saturated carbocycles. The highest BCUT2D eigenvalue weighted by atomic mass is 16.5. The van der Waals surface area contributed by atoms with Crippen LogP contribution < -0.4 is 9.47 Å². The number of ether oxygens (including phenoxy) is 2. The Balaban J connectivity index is 2.49. The molecule has 1 rings (SSSR count). The lowest BCUT2D eigenvalue weighted by Crippen LogP contribution is -2.00. The number of nitrogens with zero attached hydrogens (tertiary/aromatic N) is 2. The lowest BCUT2D eigenvalue weighted by Gasteiger charge is -2.02. The molecule has 0 aliphatic heterocycles. The van der Waals surface area contributed by atoms with E-state index in [0.29, 0.717) is 25.0 Å². The molecule has 0 fully saturated rings. The topological polar surface area (TPSA) is 44.2 Å². The first-order chi connectivity index (χ1) is 6.86. The van der Waals surface area contributed by atoms with Crippen LogP contribution in [0.15, 0.2) is 37.4 Å². The molecule has 1 aromatic rings. The van der Waals surface area contributed by atoms with Gasteiger partial charge in [0.05, 0.1) is 0 Å². The summed E-state index contributed by atoms with van der Waals surface area (Å²) >= 11 is 0. The number of hydrogen-bond acceptors (Lipinski definition) is 4. The molecule has 0 unspecified atom stereocenters. The Morgan fingerprint density at radius 1 is 1.00 bits per heavy atom. The highest BCUT2D eigenvalue weighted by molar-refractivity contribution is 5.15. The highest BCUT2D eigenvalue weighted by Crippen LogP contribution is 2.09. The molecule has 0 aliphatic carbocycles. The summed E-state index contributed by atoms with van der Waals surface area (Å²) in [6, 6.07) is 3.38. The van der Waals surface area contributed by atoms with E-state index in [4.69, 9.17) is 9.47 Å². The van der Waals surface area contributed by atoms with Crippen molar-refractivity contribution in [1.29, 1.82) is 0 Å². The van der Waals surface area contributed by atoms with Gasteiger partial charge in [-0.15, -0.1) is 10.2 Å². The van der Waals surface area contributed by atoms with Gasteiger partial charge in [-0.25, -0.2) is 0 Å². The van der Waals surface area contributed by atoms with Crippen molar-refractivity contribution in [3.05, 3.63) is 37.4 Å². The van der Waals surface area contributed by atoms with Crippen molar-refractivity contribution in [3.63, 3.8) is 0 Å². The molecule has 4 heteroatoms. The van der Waals surface area contributed by atoms with Crippen LogP contribution in [-0.4, -0.2) is 23.4 Å². The van der Waals surface area contributed by atoms with Crippen LogP contribution in [0.2, 0.25) is 0 Å². The van der Waals surface area contributed by atoms with E-state index in [9.17, 15) is 0 Å². The summed E-state index contributed by atoms with van der Waals surface area (Å²) in [5, 5.41) is 7.58. The number of hydrogen-bond donors (Lipinski definition) is 0. The molecule has 0 amide bonds. The Bertz CT molecular complexity index is 264. The zero-order valence-electron chi connectivity index (χ0n) is 7.85. The molecule has 1 heterocycles. The van der Waals surface area contributed by atoms with Crippen LogP contribution in [0.1, 0.15) is 0 Å². The maximum atomic E-state index is 5.15. The Morgan fingerprint density at radius 3 is 1.71 bits per heavy atom. The Kier molecular flexibility index (Phi) is 4.20. The molecule has 0 spiro atoms. The van der Waals surface area contributed by atoms with Gasteiger partial charge in [0, 0.05) is 12.1 Å². The second-order valence-electron chi connectivity index (χ2n) is 2.41. The lowest BCUT2D eigenvalue weighted by molar-refractivity contribution is 0.322. The molecular weight excluding hydrogens is 180 g/mol. The molecule has 4 nitrogen and oxygen atoms in total. The first-order valence-corrected chi connectivity index (χ1v) is 4.18. The van der Waals surface area contributed by atoms with Crippen LogP contribution in [0.5, 0.6) is 11.8 Å². The van der Waals surface area contributed by atoms with Crippen molar-refractivity contribution in [2.45, 2.75) is 0 Å². The first kappa shape index (κ1) is 10.2. The van der Waals surface area contributed by atoms with E-state index in [1.165, 1.54) is 0 Å². The lowest BCUT2D eigenvalue weighted by atomic mass is 10.5. The normalized spacial score (nSPS) is 9.14. The second kappa shape index (κ2) is 5.75. The van der Waals surface area contributed by atoms with Gasteiger partial charge < -0.3 is 9.47 Å². The molecule has 0 N–H and O–H groups in total. The van der Waals surface area contributed by atoms with Gasteiger partial charge in [-0.1, -0.05) is 25.3 Å². The van der Waals surface area contributed by atoms with Gasteiger partial charge in [0.2, 0.25) is 11.8 Å². The van der Waals surface area contributed by atoms with E-state index in [1.807, 2.05) is 0 Å². The number of rotatable bonds is 6. The Hall–Kier alpha value is -1.84. The summed E-state index contributed by atoms with van der Waals surface area (Å²) in [6.07, 6.45) is 3.29. The minimum absolute atomic E-state index is 0.418. The summed E-state index contributed by atoms with van der Waals surface area (Å²) in [5.41, 5.74) is 0. The summed E-state index contributed by atoms with van der Waals surface area (Å²) in [6.45, 7) is 7.89. The quantitative estimate of drug-likeness (QED) is 0.642. The molecule has 0 aliphatic rings. The van der Waals surface area contributed by atoms with Crippen molar-refractivity contribution in [2.24, 2.45) is 0 Å². The van der Waals surface area contributed by atoms with Crippen molar-refractivity contribution < 1.29 is 9.47 Å². The maximum Gasteiger partial charge on any atom is 0.233 e. The van der Waals surface area contributed by atoms with E-state index in [-0.39, 0.29) is 0 Å². The summed E-state index contributed by atoms with van der Waals surface area (Å²) in [5.74, 6) is 0.909. The van der Waals surface area contributed by atoms with Crippen molar-refractivity contribution in [3.8, 4) is 11.8 Å². The average molecular weight is 192 g/mol. The third-order valence-electron chi connectivity index (χ3n) is 1.31. The fourth-order valence-corrected chi connectivity index (χ4v) is 0.750. The van der Waals surface area contributed by atoms with Crippen molar-refractivity contribution >= 4 is 0 Å². The van der Waals surface area contributed by atoms with E-state index in [0.717, 1.165) is 0 Å². The van der Waals surface area contributed by atoms with E-state index in [1.54, 1.807) is 24.3 Å². The standard InChI is InChI=1S/C10H12N2O2/c1-3-7-13-9-5-6-10(12-11-9)14-8-4-2/h3-6H,1-2,7-8H2. The average Bonchev–Trinajstić information content (AvgIpc) is 2.25. The van der Waals surface area contributed by atoms with E-state index < -0.39 is 0 Å². The van der Waals surface area contributed by atoms with Crippen LogP contribution in [0, 0.1) is 0 Å². The fraction of sp³-hybridized carbons (Fsp3) is 0.200. The van der Waals surface area contributed by atoms with Gasteiger partial charge in [0.15, 0.2) is 0 Å². The third-order valence-corrected chi connectivity index (χ3v) is 1.31. The third kappa shape index (κ3) is 3.26. The van der Waals surface area contributed by atoms with Gasteiger partial charge >= 0.3 is 0 Å². The number of aromatic nitrogens is 2. The van der Waals surface area contributed by atoms with Crippen molar-refractivity contribution in [2.75, 3.05) is 13.2 Å². The fourth-order valence-electron chi connectivity index (χ4n) is 0.750. The second-order valence-corrected chi connectivity index (χ2v) is 2.41. The molecule has 0 bridgehead atoms. The van der Waals surface area contributed by atoms with Gasteiger partial charge in [-0.3, -0.25) is 0 Å². The van der Waals surface area contributed by atoms with Gasteiger partial charge in [-0.05, 0) is 0 Å². The monoisotopic (exact) mass is 192 g/mol. The minimum Gasteiger partial charge on any atom is -0.472 e. The van der Waals surface area contributed by atoms with Gasteiger partial charge in [0.1, 0.15) is 13.2 Å². The highest BCUT2D eigenvalue weighted by Gasteiger charge is 1.97. The Labute approximate surface area is 82.9 Å². The summed E-state index contributed by atoms with van der Waals surface area (Å²) in [7, 11) is 0. The van der Waals surface area contributed by atoms with Crippen LogP contribution in [-0.2, 0) is 0 Å². The van der Waals surface area contributed by atoms with Crippen LogP contribution in [0.25, 0.3) is 0 Å². The molecule has 14 heavy (non-hydrogen) atoms. The van der Waals surface area contributed by atoms with Gasteiger partial charge in [-0.2, -0.15) is 0 Å². The summed E-state index contributed by atoms with van der Waals surface area (Å²) < 4.78 is 10.3. The molecule has 0 aromatic carbocycles. The predicted octanol–water partition coefficient (Wildman–Crippen LogP) is 1.61. The molecule has 0 radical (unpaired) electrons. The van der Waals surface area contributed by atoms with Crippen LogP contribution in [0.4, 0.5) is 0 Å². The maximum absolute atomic E-state index is 5.15. The zero-order chi connectivity index (χ0) is 10.2. The first-order valence-electron chi connectivity index (χ1n) is 4.18. The van der Waals surface area contributed by atoms with Crippen molar-refractivity contribution in [1.82, 2.24) is 10.2 Å². The SMILES string of the molecule is C=CCOc1ccc(OCC=C)nn1. The molecule has 0 saturated heterocycles. The molecular formula is C10H12N2O2. The largest absolute Gasteiger partial charge is 0.472 e. The minimum atomic E-state index is 0.418. The smallest absolute Gasteiger partial charge is 0.233 e. The summed E-state index contributed by atoms with van der Waals surface area (Å²) in [4.78, 5) is 0. The van der Waals surface area contributed by atoms with E-state index in [2.05, 4.69) is 23.4 Å². The zero-order valence-corrected chi connectivity index (χ0v) is 7.85. The Morgan fingerprint density at radius 2 is 1.43 bits per heavy atom. The van der Waals surface area contributed by atoms with Gasteiger partial charge in [0.25, 0.3) is 0 Å². The molecule has 1 aromatic heterocycles. The van der Waals surface area contributed by atoms with Crippen LogP contribution in [0.3, 0.4) is 0 Å². The molecule has 74 valence electrons. The van der Waals surface area contributed by atoms with Crippen LogP contribution >= 0.6 is 0 Å². The predicted molar refractivity (Wildman–Crippen MR) is 53.4 cm³/mol. The molecule has 0 atom stereocenters. The van der Waals surface area contributed by atoms with E-state index >= 15 is 0 Å².